The van der Waals surface area contributed by atoms with Gasteiger partial charge in [0.1, 0.15) is 5.82 Å². The molecular formula is C18H18BrFN2O3. The van der Waals surface area contributed by atoms with Crippen molar-refractivity contribution in [2.24, 2.45) is 0 Å². The van der Waals surface area contributed by atoms with E-state index in [-0.39, 0.29) is 29.8 Å². The minimum absolute atomic E-state index is 0.0124. The topological polar surface area (TPSA) is 53.8 Å². The molecule has 0 bridgehead atoms. The minimum Gasteiger partial charge on any atom is -0.444 e. The number of halogens is 2. The van der Waals surface area contributed by atoms with Gasteiger partial charge in [-0.25, -0.2) is 4.39 Å². The molecule has 1 fully saturated rings. The van der Waals surface area contributed by atoms with Gasteiger partial charge in [0.05, 0.1) is 6.42 Å². The Morgan fingerprint density at radius 1 is 1.00 bits per heavy atom. The van der Waals surface area contributed by atoms with Gasteiger partial charge in [-0.3, -0.25) is 9.59 Å². The Kier molecular flexibility index (Phi) is 5.53. The molecule has 0 unspecified atom stereocenters. The van der Waals surface area contributed by atoms with Crippen molar-refractivity contribution in [3.05, 3.63) is 58.2 Å². The molecule has 0 N–H and O–H groups in total. The van der Waals surface area contributed by atoms with Crippen molar-refractivity contribution in [2.75, 3.05) is 26.2 Å². The van der Waals surface area contributed by atoms with E-state index in [2.05, 4.69) is 15.9 Å². The highest BCUT2D eigenvalue weighted by Crippen LogP contribution is 2.17. The first-order valence-corrected chi connectivity index (χ1v) is 8.89. The zero-order chi connectivity index (χ0) is 17.8. The summed E-state index contributed by atoms with van der Waals surface area (Å²) in [6.07, 6.45) is 0.947. The van der Waals surface area contributed by atoms with Crippen LogP contribution in [0.4, 0.5) is 4.39 Å². The molecule has 1 saturated heterocycles. The van der Waals surface area contributed by atoms with Gasteiger partial charge in [-0.15, -0.1) is 0 Å². The monoisotopic (exact) mass is 408 g/mol. The van der Waals surface area contributed by atoms with Gasteiger partial charge in [0, 0.05) is 26.2 Å². The Labute approximate surface area is 153 Å². The molecule has 0 spiro atoms. The van der Waals surface area contributed by atoms with Crippen LogP contribution in [0.5, 0.6) is 0 Å². The molecule has 2 heterocycles. The van der Waals surface area contributed by atoms with Crippen LogP contribution in [0.15, 0.2) is 45.5 Å². The Bertz CT molecular complexity index is 760. The van der Waals surface area contributed by atoms with Gasteiger partial charge in [0.15, 0.2) is 10.4 Å². The normalized spacial score (nSPS) is 15.1. The van der Waals surface area contributed by atoms with Crippen LogP contribution in [0, 0.1) is 5.82 Å². The Morgan fingerprint density at radius 2 is 1.68 bits per heavy atom. The average Bonchev–Trinajstić information content (AvgIpc) is 2.89. The van der Waals surface area contributed by atoms with E-state index in [0.29, 0.717) is 37.3 Å². The summed E-state index contributed by atoms with van der Waals surface area (Å²) in [6.45, 7) is 2.13. The molecule has 2 amide bonds. The van der Waals surface area contributed by atoms with E-state index in [0.717, 1.165) is 5.56 Å². The predicted octanol–water partition coefficient (Wildman–Crippen LogP) is 3.10. The number of amides is 2. The Morgan fingerprint density at radius 3 is 2.36 bits per heavy atom. The van der Waals surface area contributed by atoms with Gasteiger partial charge in [0.2, 0.25) is 5.91 Å². The number of rotatable bonds is 3. The van der Waals surface area contributed by atoms with Crippen LogP contribution < -0.4 is 0 Å². The molecule has 2 aromatic rings. The van der Waals surface area contributed by atoms with Gasteiger partial charge in [-0.2, -0.15) is 0 Å². The van der Waals surface area contributed by atoms with Crippen molar-refractivity contribution in [2.45, 2.75) is 12.8 Å². The summed E-state index contributed by atoms with van der Waals surface area (Å²) in [5.41, 5.74) is 0.781. The van der Waals surface area contributed by atoms with Gasteiger partial charge >= 0.3 is 0 Å². The lowest BCUT2D eigenvalue weighted by molar-refractivity contribution is -0.130. The van der Waals surface area contributed by atoms with Crippen LogP contribution in [0.1, 0.15) is 22.5 Å². The molecule has 1 aromatic carbocycles. The summed E-state index contributed by atoms with van der Waals surface area (Å²) in [7, 11) is 0. The number of hydrogen-bond acceptors (Lipinski definition) is 3. The van der Waals surface area contributed by atoms with Crippen molar-refractivity contribution in [3.8, 4) is 0 Å². The quantitative estimate of drug-likeness (QED) is 0.783. The van der Waals surface area contributed by atoms with Crippen molar-refractivity contribution in [1.82, 2.24) is 9.80 Å². The molecule has 0 radical (unpaired) electrons. The number of benzene rings is 1. The predicted molar refractivity (Wildman–Crippen MR) is 93.6 cm³/mol. The second kappa shape index (κ2) is 7.82. The molecule has 7 heteroatoms. The van der Waals surface area contributed by atoms with E-state index in [1.165, 1.54) is 12.1 Å². The van der Waals surface area contributed by atoms with Crippen molar-refractivity contribution in [1.29, 1.82) is 0 Å². The summed E-state index contributed by atoms with van der Waals surface area (Å²) in [5.74, 6) is -0.206. The molecule has 5 nitrogen and oxygen atoms in total. The van der Waals surface area contributed by atoms with Crippen LogP contribution in [-0.4, -0.2) is 47.8 Å². The lowest BCUT2D eigenvalue weighted by atomic mass is 10.1. The van der Waals surface area contributed by atoms with Gasteiger partial charge in [0.25, 0.3) is 5.91 Å². The maximum atomic E-state index is 12.9. The summed E-state index contributed by atoms with van der Waals surface area (Å²) in [4.78, 5) is 28.4. The SMILES string of the molecule is O=C(Cc1ccc(F)cc1)N1CCCN(C(=O)c2ccc(Br)o2)CC1. The molecule has 132 valence electrons. The molecule has 25 heavy (non-hydrogen) atoms. The van der Waals surface area contributed by atoms with E-state index in [9.17, 15) is 14.0 Å². The number of hydrogen-bond donors (Lipinski definition) is 0. The lowest BCUT2D eigenvalue weighted by Crippen LogP contribution is -2.37. The fourth-order valence-electron chi connectivity index (χ4n) is 2.84. The first kappa shape index (κ1) is 17.7. The highest BCUT2D eigenvalue weighted by molar-refractivity contribution is 9.10. The number of furan rings is 1. The first-order chi connectivity index (χ1) is 12.0. The summed E-state index contributed by atoms with van der Waals surface area (Å²) >= 11 is 3.19. The molecule has 0 atom stereocenters. The van der Waals surface area contributed by atoms with Crippen LogP contribution >= 0.6 is 15.9 Å². The van der Waals surface area contributed by atoms with Crippen LogP contribution in [-0.2, 0) is 11.2 Å². The van der Waals surface area contributed by atoms with Crippen LogP contribution in [0.25, 0.3) is 0 Å². The molecule has 0 aliphatic carbocycles. The molecule has 1 aliphatic rings. The molecule has 0 saturated carbocycles. The fourth-order valence-corrected chi connectivity index (χ4v) is 3.15. The average molecular weight is 409 g/mol. The van der Waals surface area contributed by atoms with Crippen molar-refractivity contribution < 1.29 is 18.4 Å². The van der Waals surface area contributed by atoms with Crippen LogP contribution in [0.2, 0.25) is 0 Å². The van der Waals surface area contributed by atoms with Gasteiger partial charge < -0.3 is 14.2 Å². The van der Waals surface area contributed by atoms with Gasteiger partial charge in [-0.1, -0.05) is 12.1 Å². The third kappa shape index (κ3) is 4.48. The maximum Gasteiger partial charge on any atom is 0.289 e. The molecular weight excluding hydrogens is 391 g/mol. The van der Waals surface area contributed by atoms with E-state index in [4.69, 9.17) is 4.42 Å². The lowest BCUT2D eigenvalue weighted by Gasteiger charge is -2.21. The second-order valence-electron chi connectivity index (χ2n) is 5.93. The number of nitrogens with zero attached hydrogens (tertiary/aromatic N) is 2. The van der Waals surface area contributed by atoms with E-state index >= 15 is 0 Å². The third-order valence-corrected chi connectivity index (χ3v) is 4.61. The number of carbonyl (C=O) groups is 2. The highest BCUT2D eigenvalue weighted by atomic mass is 79.9. The van der Waals surface area contributed by atoms with E-state index in [1.54, 1.807) is 34.1 Å². The fraction of sp³-hybridized carbons (Fsp3) is 0.333. The minimum atomic E-state index is -0.315. The Hall–Kier alpha value is -2.15. The number of carbonyl (C=O) groups excluding carboxylic acids is 2. The summed E-state index contributed by atoms with van der Waals surface area (Å²) in [6, 6.07) is 9.27. The zero-order valence-electron chi connectivity index (χ0n) is 13.6. The van der Waals surface area contributed by atoms with E-state index in [1.807, 2.05) is 0 Å². The first-order valence-electron chi connectivity index (χ1n) is 8.10. The van der Waals surface area contributed by atoms with Crippen LogP contribution in [0.3, 0.4) is 0 Å². The van der Waals surface area contributed by atoms with Gasteiger partial charge in [-0.05, 0) is 52.2 Å². The molecule has 1 aromatic heterocycles. The standard InChI is InChI=1S/C18H18BrFN2O3/c19-16-7-6-15(25-16)18(24)22-9-1-8-21(10-11-22)17(23)12-13-2-4-14(20)5-3-13/h2-7H,1,8-12H2. The smallest absolute Gasteiger partial charge is 0.289 e. The summed E-state index contributed by atoms with van der Waals surface area (Å²) in [5, 5.41) is 0. The zero-order valence-corrected chi connectivity index (χ0v) is 15.2. The van der Waals surface area contributed by atoms with E-state index < -0.39 is 0 Å². The van der Waals surface area contributed by atoms with Crippen molar-refractivity contribution in [3.63, 3.8) is 0 Å². The second-order valence-corrected chi connectivity index (χ2v) is 6.72. The largest absolute Gasteiger partial charge is 0.444 e. The van der Waals surface area contributed by atoms with Crippen molar-refractivity contribution >= 4 is 27.7 Å². The summed E-state index contributed by atoms with van der Waals surface area (Å²) < 4.78 is 18.8. The third-order valence-electron chi connectivity index (χ3n) is 4.19. The highest BCUT2D eigenvalue weighted by Gasteiger charge is 2.24. The maximum absolute atomic E-state index is 12.9. The molecule has 3 rings (SSSR count). The Balaban J connectivity index is 1.58. The molecule has 1 aliphatic heterocycles.